The predicted molar refractivity (Wildman–Crippen MR) is 100 cm³/mol. The Morgan fingerprint density at radius 2 is 1.58 bits per heavy atom. The van der Waals surface area contributed by atoms with Crippen molar-refractivity contribution in [3.8, 4) is 17.2 Å². The highest BCUT2D eigenvalue weighted by Gasteiger charge is 2.18. The third-order valence-electron chi connectivity index (χ3n) is 4.20. The summed E-state index contributed by atoms with van der Waals surface area (Å²) in [5.74, 6) is 3.13. The van der Waals surface area contributed by atoms with Crippen LogP contribution in [0.5, 0.6) is 17.2 Å². The fourth-order valence-electron chi connectivity index (χ4n) is 2.76. The molecular weight excluding hydrogens is 330 g/mol. The van der Waals surface area contributed by atoms with Gasteiger partial charge in [0.2, 0.25) is 0 Å². The topological polar surface area (TPSA) is 60.7 Å². The number of carbonyl (C=O) groups excluding carboxylic acids is 1. The Kier molecular flexibility index (Phi) is 4.98. The molecule has 0 radical (unpaired) electrons. The van der Waals surface area contributed by atoms with Gasteiger partial charge in [-0.2, -0.15) is 0 Å². The van der Waals surface area contributed by atoms with E-state index in [1.165, 1.54) is 0 Å². The van der Waals surface area contributed by atoms with E-state index in [0.29, 0.717) is 34.3 Å². The summed E-state index contributed by atoms with van der Waals surface area (Å²) in [6, 6.07) is 14.6. The maximum atomic E-state index is 12.5. The van der Waals surface area contributed by atoms with Gasteiger partial charge >= 0.3 is 0 Å². The summed E-state index contributed by atoms with van der Waals surface area (Å²) in [5.41, 5.74) is 2.12. The molecule has 0 atom stereocenters. The number of carbonyl (C=O) groups is 1. The SMILES string of the molecule is COc1ccccc1Oc1ccc(NC(=O)c2c(C)oc(C)c2C)cc1. The van der Waals surface area contributed by atoms with Crippen LogP contribution in [0.25, 0.3) is 0 Å². The number of hydrogen-bond donors (Lipinski definition) is 1. The van der Waals surface area contributed by atoms with Gasteiger partial charge in [0.1, 0.15) is 17.3 Å². The van der Waals surface area contributed by atoms with E-state index in [1.54, 1.807) is 38.3 Å². The molecule has 0 aliphatic carbocycles. The zero-order valence-electron chi connectivity index (χ0n) is 15.3. The molecule has 3 aromatic rings. The lowest BCUT2D eigenvalue weighted by Crippen LogP contribution is -2.13. The Bertz CT molecular complexity index is 926. The molecule has 0 bridgehead atoms. The van der Waals surface area contributed by atoms with Crippen molar-refractivity contribution in [2.75, 3.05) is 12.4 Å². The molecule has 0 fully saturated rings. The van der Waals surface area contributed by atoms with Gasteiger partial charge in [0.05, 0.1) is 12.7 Å². The highest BCUT2D eigenvalue weighted by atomic mass is 16.5. The van der Waals surface area contributed by atoms with E-state index < -0.39 is 0 Å². The Labute approximate surface area is 152 Å². The molecule has 0 aliphatic rings. The van der Waals surface area contributed by atoms with Crippen molar-refractivity contribution in [3.05, 3.63) is 71.2 Å². The second-order valence-corrected chi connectivity index (χ2v) is 5.95. The van der Waals surface area contributed by atoms with Crippen molar-refractivity contribution in [3.63, 3.8) is 0 Å². The summed E-state index contributed by atoms with van der Waals surface area (Å²) in [6.45, 7) is 5.52. The van der Waals surface area contributed by atoms with Gasteiger partial charge in [-0.05, 0) is 57.2 Å². The van der Waals surface area contributed by atoms with Crippen molar-refractivity contribution in [2.45, 2.75) is 20.8 Å². The molecule has 5 heteroatoms. The molecule has 26 heavy (non-hydrogen) atoms. The number of methoxy groups -OCH3 is 1. The van der Waals surface area contributed by atoms with E-state index in [4.69, 9.17) is 13.9 Å². The van der Waals surface area contributed by atoms with E-state index >= 15 is 0 Å². The Balaban J connectivity index is 1.72. The van der Waals surface area contributed by atoms with Crippen molar-refractivity contribution in [1.29, 1.82) is 0 Å². The first kappa shape index (κ1) is 17.6. The van der Waals surface area contributed by atoms with Gasteiger partial charge < -0.3 is 19.2 Å². The molecule has 3 rings (SSSR count). The maximum Gasteiger partial charge on any atom is 0.259 e. The van der Waals surface area contributed by atoms with Gasteiger partial charge in [0, 0.05) is 11.3 Å². The Morgan fingerprint density at radius 1 is 0.923 bits per heavy atom. The molecule has 134 valence electrons. The van der Waals surface area contributed by atoms with E-state index in [-0.39, 0.29) is 5.91 Å². The number of furan rings is 1. The molecule has 1 N–H and O–H groups in total. The molecule has 2 aromatic carbocycles. The number of rotatable bonds is 5. The third kappa shape index (κ3) is 3.57. The standard InChI is InChI=1S/C21H21NO4/c1-13-14(2)25-15(3)20(13)21(23)22-16-9-11-17(12-10-16)26-19-8-6-5-7-18(19)24-4/h5-12H,1-4H3,(H,22,23). The molecule has 1 amide bonds. The molecule has 0 saturated heterocycles. The smallest absolute Gasteiger partial charge is 0.259 e. The zero-order chi connectivity index (χ0) is 18.7. The minimum absolute atomic E-state index is 0.185. The van der Waals surface area contributed by atoms with Crippen LogP contribution in [0.2, 0.25) is 0 Å². The summed E-state index contributed by atoms with van der Waals surface area (Å²) in [5, 5.41) is 2.89. The van der Waals surface area contributed by atoms with Crippen LogP contribution in [-0.2, 0) is 0 Å². The van der Waals surface area contributed by atoms with Crippen LogP contribution in [0.4, 0.5) is 5.69 Å². The highest BCUT2D eigenvalue weighted by Crippen LogP contribution is 2.31. The first-order chi connectivity index (χ1) is 12.5. The molecular formula is C21H21NO4. The second kappa shape index (κ2) is 7.35. The molecule has 1 aromatic heterocycles. The van der Waals surface area contributed by atoms with Crippen LogP contribution in [0.1, 0.15) is 27.4 Å². The summed E-state index contributed by atoms with van der Waals surface area (Å²) < 4.78 is 16.6. The third-order valence-corrected chi connectivity index (χ3v) is 4.20. The quantitative estimate of drug-likeness (QED) is 0.681. The summed E-state index contributed by atoms with van der Waals surface area (Å²) >= 11 is 0. The van der Waals surface area contributed by atoms with Gasteiger partial charge in [-0.15, -0.1) is 0 Å². The molecule has 1 heterocycles. The van der Waals surface area contributed by atoms with Gasteiger partial charge in [-0.25, -0.2) is 0 Å². The molecule has 0 saturated carbocycles. The molecule has 5 nitrogen and oxygen atoms in total. The number of nitrogens with one attached hydrogen (secondary N) is 1. The van der Waals surface area contributed by atoms with Crippen LogP contribution in [-0.4, -0.2) is 13.0 Å². The van der Waals surface area contributed by atoms with E-state index in [2.05, 4.69) is 5.32 Å². The number of anilines is 1. The van der Waals surface area contributed by atoms with Crippen LogP contribution >= 0.6 is 0 Å². The Hall–Kier alpha value is -3.21. The molecule has 0 aliphatic heterocycles. The average molecular weight is 351 g/mol. The average Bonchev–Trinajstić information content (AvgIpc) is 2.89. The lowest BCUT2D eigenvalue weighted by atomic mass is 10.1. The highest BCUT2D eigenvalue weighted by molar-refractivity contribution is 6.06. The predicted octanol–water partition coefficient (Wildman–Crippen LogP) is 5.26. The van der Waals surface area contributed by atoms with E-state index in [0.717, 1.165) is 11.3 Å². The second-order valence-electron chi connectivity index (χ2n) is 5.95. The minimum atomic E-state index is -0.185. The first-order valence-corrected chi connectivity index (χ1v) is 8.28. The lowest BCUT2D eigenvalue weighted by Gasteiger charge is -2.11. The number of ether oxygens (including phenoxy) is 2. The fourth-order valence-corrected chi connectivity index (χ4v) is 2.76. The molecule has 0 unspecified atom stereocenters. The first-order valence-electron chi connectivity index (χ1n) is 8.28. The summed E-state index contributed by atoms with van der Waals surface area (Å²) in [7, 11) is 1.60. The number of amides is 1. The van der Waals surface area contributed by atoms with Gasteiger partial charge in [0.25, 0.3) is 5.91 Å². The lowest BCUT2D eigenvalue weighted by molar-refractivity contribution is 0.102. The largest absolute Gasteiger partial charge is 0.493 e. The monoisotopic (exact) mass is 351 g/mol. The number of hydrogen-bond acceptors (Lipinski definition) is 4. The Morgan fingerprint density at radius 3 is 2.15 bits per heavy atom. The number of benzene rings is 2. The fraction of sp³-hybridized carbons (Fsp3) is 0.190. The van der Waals surface area contributed by atoms with Crippen LogP contribution in [0, 0.1) is 20.8 Å². The van der Waals surface area contributed by atoms with Crippen molar-refractivity contribution >= 4 is 11.6 Å². The van der Waals surface area contributed by atoms with E-state index in [9.17, 15) is 4.79 Å². The van der Waals surface area contributed by atoms with E-state index in [1.807, 2.05) is 38.1 Å². The number of aryl methyl sites for hydroxylation is 2. The summed E-state index contributed by atoms with van der Waals surface area (Å²) in [6.07, 6.45) is 0. The normalized spacial score (nSPS) is 10.5. The molecule has 0 spiro atoms. The van der Waals surface area contributed by atoms with Crippen molar-refractivity contribution in [1.82, 2.24) is 0 Å². The van der Waals surface area contributed by atoms with Crippen LogP contribution in [0.15, 0.2) is 52.9 Å². The van der Waals surface area contributed by atoms with Crippen molar-refractivity contribution < 1.29 is 18.7 Å². The summed E-state index contributed by atoms with van der Waals surface area (Å²) in [4.78, 5) is 12.5. The van der Waals surface area contributed by atoms with Crippen LogP contribution in [0.3, 0.4) is 0 Å². The number of para-hydroxylation sites is 2. The van der Waals surface area contributed by atoms with Gasteiger partial charge in [0.15, 0.2) is 11.5 Å². The zero-order valence-corrected chi connectivity index (χ0v) is 15.3. The van der Waals surface area contributed by atoms with Gasteiger partial charge in [-0.3, -0.25) is 4.79 Å². The minimum Gasteiger partial charge on any atom is -0.493 e. The van der Waals surface area contributed by atoms with Crippen molar-refractivity contribution in [2.24, 2.45) is 0 Å². The van der Waals surface area contributed by atoms with Gasteiger partial charge in [-0.1, -0.05) is 12.1 Å². The van der Waals surface area contributed by atoms with Crippen LogP contribution < -0.4 is 14.8 Å². The maximum absolute atomic E-state index is 12.5.